The molecular weight excluding hydrogens is 697 g/mol. The monoisotopic (exact) mass is 746 g/mol. The minimum atomic E-state index is -2.93. The average Bonchev–Trinajstić information content (AvgIpc) is 3.47. The van der Waals surface area contributed by atoms with Gasteiger partial charge in [0.1, 0.15) is 35.0 Å². The molecule has 1 saturated carbocycles. The molecule has 0 bridgehead atoms. The van der Waals surface area contributed by atoms with Crippen LogP contribution in [0.25, 0.3) is 5.76 Å². The summed E-state index contributed by atoms with van der Waals surface area (Å²) in [4.78, 5) is 45.8. The number of hydrogen-bond donors (Lipinski definition) is 1. The minimum Gasteiger partial charge on any atom is -0.507 e. The van der Waals surface area contributed by atoms with Gasteiger partial charge in [0.2, 0.25) is 11.6 Å². The largest absolute Gasteiger partial charge is 0.514 e. The first-order chi connectivity index (χ1) is 24.7. The zero-order valence-electron chi connectivity index (χ0n) is 32.4. The third-order valence-corrected chi connectivity index (χ3v) is 15.4. The van der Waals surface area contributed by atoms with E-state index in [4.69, 9.17) is 27.9 Å². The lowest BCUT2D eigenvalue weighted by Crippen LogP contribution is -2.68. The van der Waals surface area contributed by atoms with Crippen LogP contribution in [0.4, 0.5) is 4.79 Å². The number of aromatic nitrogens is 1. The molecule has 0 unspecified atom stereocenters. The normalized spacial score (nSPS) is 22.8. The highest BCUT2D eigenvalue weighted by Gasteiger charge is 2.69. The van der Waals surface area contributed by atoms with E-state index in [1.54, 1.807) is 26.8 Å². The van der Waals surface area contributed by atoms with Gasteiger partial charge >= 0.3 is 6.16 Å². The summed E-state index contributed by atoms with van der Waals surface area (Å²) in [6.07, 6.45) is -0.448. The number of hydrogen-bond acceptors (Lipinski definition) is 12. The fourth-order valence-corrected chi connectivity index (χ4v) is 9.00. The van der Waals surface area contributed by atoms with Crippen molar-refractivity contribution in [2.45, 2.75) is 96.4 Å². The van der Waals surface area contributed by atoms with Crippen molar-refractivity contribution in [3.05, 3.63) is 76.1 Å². The molecule has 284 valence electrons. The Hall–Kier alpha value is -4.46. The van der Waals surface area contributed by atoms with Crippen molar-refractivity contribution < 1.29 is 47.4 Å². The van der Waals surface area contributed by atoms with Crippen molar-refractivity contribution in [1.29, 1.82) is 0 Å². The number of carbonyl (C=O) groups excluding carboxylic acids is 3. The number of benzene rings is 2. The van der Waals surface area contributed by atoms with Gasteiger partial charge in [0, 0.05) is 17.1 Å². The molecule has 1 heterocycles. The molecule has 0 saturated heterocycles. The molecule has 4 atom stereocenters. The number of Topliss-reactive ketones (excluding diaryl/α,β-unsaturated/α-hetero) is 2. The first-order valence-electron chi connectivity index (χ1n) is 17.9. The molecule has 1 N–H and O–H groups in total. The molecule has 0 spiro atoms. The molecule has 53 heavy (non-hydrogen) atoms. The maximum Gasteiger partial charge on any atom is 0.514 e. The van der Waals surface area contributed by atoms with E-state index >= 15 is 9.59 Å². The zero-order valence-corrected chi connectivity index (χ0v) is 33.4. The predicted octanol–water partition coefficient (Wildman–Crippen LogP) is 7.87. The van der Waals surface area contributed by atoms with Gasteiger partial charge in [-0.1, -0.05) is 51.1 Å². The summed E-state index contributed by atoms with van der Waals surface area (Å²) < 4.78 is 36.0. The number of carbonyl (C=O) groups is 3. The van der Waals surface area contributed by atoms with Crippen molar-refractivity contribution in [3.8, 4) is 17.4 Å². The summed E-state index contributed by atoms with van der Waals surface area (Å²) in [5, 5.41) is 16.1. The number of ketones is 2. The van der Waals surface area contributed by atoms with Crippen LogP contribution in [0, 0.1) is 11.8 Å². The van der Waals surface area contributed by atoms with Gasteiger partial charge in [-0.05, 0) is 94.6 Å². The Morgan fingerprint density at radius 2 is 1.66 bits per heavy atom. The number of methoxy groups -OCH3 is 1. The smallest absolute Gasteiger partial charge is 0.507 e. The summed E-state index contributed by atoms with van der Waals surface area (Å²) in [5.41, 5.74) is -1.28. The topological polar surface area (TPSA) is 147 Å². The molecule has 1 aromatic heterocycles. The number of nitrogens with zero attached hydrogens (tertiary/aromatic N) is 2. The van der Waals surface area contributed by atoms with E-state index in [0.29, 0.717) is 17.1 Å². The van der Waals surface area contributed by atoms with E-state index in [1.165, 1.54) is 13.2 Å². The molecule has 2 aromatic carbocycles. The van der Waals surface area contributed by atoms with Crippen LogP contribution in [0.5, 0.6) is 17.4 Å². The van der Waals surface area contributed by atoms with Crippen molar-refractivity contribution in [3.63, 3.8) is 0 Å². The van der Waals surface area contributed by atoms with E-state index in [0.717, 1.165) is 5.56 Å². The Labute approximate surface area is 311 Å². The average molecular weight is 747 g/mol. The molecule has 13 heteroatoms. The van der Waals surface area contributed by atoms with Crippen LogP contribution < -0.4 is 14.2 Å². The Morgan fingerprint density at radius 3 is 2.26 bits per heavy atom. The molecule has 6 rings (SSSR count). The number of aliphatic hydroxyl groups excluding tert-OH is 1. The second-order valence-electron chi connectivity index (χ2n) is 16.9. The highest BCUT2D eigenvalue weighted by molar-refractivity contribution is 6.74. The van der Waals surface area contributed by atoms with Gasteiger partial charge in [0.25, 0.3) is 5.88 Å². The van der Waals surface area contributed by atoms with Crippen LogP contribution in [0.3, 0.4) is 0 Å². The van der Waals surface area contributed by atoms with Crippen LogP contribution in [0.1, 0.15) is 86.8 Å². The van der Waals surface area contributed by atoms with Gasteiger partial charge in [0.05, 0.1) is 18.7 Å². The summed E-state index contributed by atoms with van der Waals surface area (Å²) in [6, 6.07) is 12.0. The van der Waals surface area contributed by atoms with Crippen molar-refractivity contribution >= 4 is 31.8 Å². The highest BCUT2D eigenvalue weighted by Crippen LogP contribution is 2.59. The molecule has 3 aromatic rings. The lowest BCUT2D eigenvalue weighted by Gasteiger charge is -2.55. The summed E-state index contributed by atoms with van der Waals surface area (Å²) >= 11 is 0. The van der Waals surface area contributed by atoms with Crippen LogP contribution in [-0.4, -0.2) is 73.6 Å². The van der Waals surface area contributed by atoms with E-state index in [1.807, 2.05) is 83.2 Å². The summed E-state index contributed by atoms with van der Waals surface area (Å²) in [7, 11) is 2.30. The molecule has 1 fully saturated rings. The van der Waals surface area contributed by atoms with Crippen molar-refractivity contribution in [2.24, 2.45) is 11.8 Å². The van der Waals surface area contributed by atoms with Crippen molar-refractivity contribution in [1.82, 2.24) is 10.1 Å². The second kappa shape index (κ2) is 13.4. The molecule has 0 amide bonds. The van der Waals surface area contributed by atoms with Gasteiger partial charge < -0.3 is 33.0 Å². The second-order valence-corrected chi connectivity index (χ2v) is 21.6. The highest BCUT2D eigenvalue weighted by atomic mass is 28.4. The summed E-state index contributed by atoms with van der Waals surface area (Å²) in [6.45, 7) is 15.3. The molecule has 0 aliphatic heterocycles. The maximum atomic E-state index is 15.6. The first-order valence-corrected chi connectivity index (χ1v) is 20.8. The SMILES string of the molecule is COc1ccc(OC(=O)OC(C)(C)C)c2c1C[C@H]1C[C@H]3[C@H](N(C)C)c4onc(OCc5ccccc5)c4C(=O)[C@@]3(O[Si](C)(C)C(C)(C)C)C(=O)C1=C2O. The molecular formula is C40H50N2O10Si. The predicted molar refractivity (Wildman–Crippen MR) is 199 cm³/mol. The fourth-order valence-electron chi connectivity index (χ4n) is 7.55. The fraction of sp³-hybridized carbons (Fsp3) is 0.500. The number of ether oxygens (including phenoxy) is 4. The maximum absolute atomic E-state index is 15.6. The van der Waals surface area contributed by atoms with Gasteiger partial charge in [-0.25, -0.2) is 4.79 Å². The van der Waals surface area contributed by atoms with Gasteiger partial charge in [-0.15, -0.1) is 0 Å². The van der Waals surface area contributed by atoms with Gasteiger partial charge in [-0.3, -0.25) is 14.5 Å². The first kappa shape index (κ1) is 38.3. The Kier molecular flexibility index (Phi) is 9.70. The lowest BCUT2D eigenvalue weighted by atomic mass is 9.57. The van der Waals surface area contributed by atoms with Gasteiger partial charge in [0.15, 0.2) is 19.7 Å². The third-order valence-electron chi connectivity index (χ3n) is 10.9. The van der Waals surface area contributed by atoms with Crippen LogP contribution in [-0.2, 0) is 27.0 Å². The van der Waals surface area contributed by atoms with Crippen LogP contribution in [0.2, 0.25) is 18.1 Å². The number of rotatable bonds is 8. The lowest BCUT2D eigenvalue weighted by molar-refractivity contribution is -0.140. The molecule has 12 nitrogen and oxygen atoms in total. The standard InChI is InChI=1S/C40H50N2O10Si/c1-38(2,3)50-37(46)49-27-18-17-26(47-9)24-19-23-20-25-31(42(7)8)33-30(36(41-51-33)48-21-22-15-13-12-14-16-22)35(45)40(25,52-53(10,11)39(4,5)6)34(44)28(23)32(43)29(24)27/h12-18,23,25,31,43H,19-21H2,1-11H3/t23-,25-,31-,40-/m0/s1. The molecule has 3 aliphatic carbocycles. The van der Waals surface area contributed by atoms with Crippen LogP contribution in [0.15, 0.2) is 52.6 Å². The van der Waals surface area contributed by atoms with E-state index in [-0.39, 0.29) is 47.8 Å². The quantitative estimate of drug-likeness (QED) is 0.104. The number of fused-ring (bicyclic) bond motifs is 4. The molecule has 0 radical (unpaired) electrons. The van der Waals surface area contributed by atoms with E-state index in [2.05, 4.69) is 5.16 Å². The molecule has 3 aliphatic rings. The summed E-state index contributed by atoms with van der Waals surface area (Å²) in [5.74, 6) is -2.23. The Bertz CT molecular complexity index is 1970. The van der Waals surface area contributed by atoms with E-state index < -0.39 is 65.9 Å². The zero-order chi connectivity index (χ0) is 38.8. The third kappa shape index (κ3) is 6.56. The Morgan fingerprint density at radius 1 is 1.00 bits per heavy atom. The Balaban J connectivity index is 1.56. The minimum absolute atomic E-state index is 0.00755. The van der Waals surface area contributed by atoms with Gasteiger partial charge in [-0.2, -0.15) is 0 Å². The van der Waals surface area contributed by atoms with Crippen LogP contribution >= 0.6 is 0 Å². The van der Waals surface area contributed by atoms with E-state index in [9.17, 15) is 9.90 Å². The number of aliphatic hydroxyl groups is 1. The van der Waals surface area contributed by atoms with Crippen molar-refractivity contribution in [2.75, 3.05) is 21.2 Å².